The van der Waals surface area contributed by atoms with Gasteiger partial charge in [0.05, 0.1) is 17.1 Å². The quantitative estimate of drug-likeness (QED) is 0.596. The number of nitrogens with zero attached hydrogens (tertiary/aromatic N) is 3. The number of rotatable bonds is 7. The third-order valence-corrected chi connectivity index (χ3v) is 2.56. The molecule has 0 unspecified atom stereocenters. The first-order chi connectivity index (χ1) is 8.62. The summed E-state index contributed by atoms with van der Waals surface area (Å²) in [6, 6.07) is 2.99. The number of anilines is 2. The normalized spacial score (nSPS) is 10.2. The van der Waals surface area contributed by atoms with Crippen LogP contribution in [0.2, 0.25) is 0 Å². The van der Waals surface area contributed by atoms with E-state index < -0.39 is 0 Å². The molecule has 1 heterocycles. The number of hydrogen-bond acceptors (Lipinski definition) is 5. The van der Waals surface area contributed by atoms with E-state index in [1.807, 2.05) is 18.7 Å². The minimum atomic E-state index is -0.383. The van der Waals surface area contributed by atoms with Crippen LogP contribution in [-0.2, 0) is 0 Å². The molecule has 18 heavy (non-hydrogen) atoms. The molecule has 0 amide bonds. The fourth-order valence-electron chi connectivity index (χ4n) is 1.75. The predicted octanol–water partition coefficient (Wildman–Crippen LogP) is 2.66. The van der Waals surface area contributed by atoms with Crippen LogP contribution in [0.25, 0.3) is 0 Å². The highest BCUT2D eigenvalue weighted by Crippen LogP contribution is 2.23. The van der Waals surface area contributed by atoms with Crippen molar-refractivity contribution in [3.8, 4) is 0 Å². The molecule has 1 N–H and O–H groups in total. The van der Waals surface area contributed by atoms with E-state index >= 15 is 0 Å². The van der Waals surface area contributed by atoms with Gasteiger partial charge >= 0.3 is 0 Å². The Kier molecular flexibility index (Phi) is 5.35. The fraction of sp³-hybridized carbons (Fsp3) is 0.583. The van der Waals surface area contributed by atoms with E-state index in [1.54, 1.807) is 0 Å². The summed E-state index contributed by atoms with van der Waals surface area (Å²) in [4.78, 5) is 17.0. The van der Waals surface area contributed by atoms with Crippen molar-refractivity contribution in [1.29, 1.82) is 0 Å². The summed E-state index contributed by atoms with van der Waals surface area (Å²) in [5.74, 6) is 1.21. The molecular weight excluding hydrogens is 232 g/mol. The predicted molar refractivity (Wildman–Crippen MR) is 73.2 cm³/mol. The molecule has 0 aliphatic carbocycles. The lowest BCUT2D eigenvalue weighted by Crippen LogP contribution is -2.24. The van der Waals surface area contributed by atoms with Crippen LogP contribution in [0.5, 0.6) is 0 Å². The second-order valence-corrected chi connectivity index (χ2v) is 3.94. The van der Waals surface area contributed by atoms with Crippen LogP contribution in [-0.4, -0.2) is 29.5 Å². The highest BCUT2D eigenvalue weighted by Gasteiger charge is 2.14. The topological polar surface area (TPSA) is 71.3 Å². The Balaban J connectivity index is 3.12. The first-order valence-electron chi connectivity index (χ1n) is 6.27. The molecule has 0 atom stereocenters. The van der Waals surface area contributed by atoms with E-state index in [4.69, 9.17) is 0 Å². The van der Waals surface area contributed by atoms with E-state index in [9.17, 15) is 10.1 Å². The Labute approximate surface area is 107 Å². The molecule has 0 saturated heterocycles. The first kappa shape index (κ1) is 14.2. The van der Waals surface area contributed by atoms with Crippen molar-refractivity contribution in [1.82, 2.24) is 4.98 Å². The molecule has 1 aromatic heterocycles. The zero-order valence-corrected chi connectivity index (χ0v) is 11.1. The van der Waals surface area contributed by atoms with Crippen molar-refractivity contribution < 1.29 is 4.92 Å². The summed E-state index contributed by atoms with van der Waals surface area (Å²) < 4.78 is 0. The van der Waals surface area contributed by atoms with Gasteiger partial charge in [-0.2, -0.15) is 0 Å². The Morgan fingerprint density at radius 2 is 2.11 bits per heavy atom. The fourth-order valence-corrected chi connectivity index (χ4v) is 1.75. The lowest BCUT2D eigenvalue weighted by atomic mass is 10.3. The van der Waals surface area contributed by atoms with Crippen molar-refractivity contribution in [2.75, 3.05) is 29.9 Å². The van der Waals surface area contributed by atoms with Crippen LogP contribution in [0.1, 0.15) is 27.2 Å². The largest absolute Gasteiger partial charge is 0.370 e. The molecule has 0 aromatic carbocycles. The minimum absolute atomic E-state index is 0.0745. The Hall–Kier alpha value is -1.85. The highest BCUT2D eigenvalue weighted by atomic mass is 16.6. The minimum Gasteiger partial charge on any atom is -0.370 e. The summed E-state index contributed by atoms with van der Waals surface area (Å²) in [5.41, 5.74) is 0.0745. The van der Waals surface area contributed by atoms with Crippen molar-refractivity contribution in [3.05, 3.63) is 22.2 Å². The SMILES string of the molecule is CCCN(CC)c1cc([N+](=O)[O-])cc(NCC)n1. The van der Waals surface area contributed by atoms with Gasteiger partial charge in [-0.3, -0.25) is 10.1 Å². The van der Waals surface area contributed by atoms with E-state index in [-0.39, 0.29) is 10.6 Å². The van der Waals surface area contributed by atoms with Crippen LogP contribution in [0, 0.1) is 10.1 Å². The second kappa shape index (κ2) is 6.78. The molecule has 0 radical (unpaired) electrons. The number of hydrogen-bond donors (Lipinski definition) is 1. The van der Waals surface area contributed by atoms with Crippen molar-refractivity contribution >= 4 is 17.3 Å². The lowest BCUT2D eigenvalue weighted by molar-refractivity contribution is -0.384. The lowest BCUT2D eigenvalue weighted by Gasteiger charge is -2.21. The number of aromatic nitrogens is 1. The molecule has 0 fully saturated rings. The molecular formula is C12H20N4O2. The molecule has 0 aliphatic heterocycles. The summed E-state index contributed by atoms with van der Waals surface area (Å²) in [7, 11) is 0. The maximum atomic E-state index is 10.9. The third-order valence-electron chi connectivity index (χ3n) is 2.56. The zero-order valence-electron chi connectivity index (χ0n) is 11.1. The molecule has 0 spiro atoms. The van der Waals surface area contributed by atoms with Gasteiger partial charge in [-0.1, -0.05) is 6.92 Å². The summed E-state index contributed by atoms with van der Waals surface area (Å²) >= 11 is 0. The first-order valence-corrected chi connectivity index (χ1v) is 6.27. The monoisotopic (exact) mass is 252 g/mol. The summed E-state index contributed by atoms with van der Waals surface area (Å²) in [6.45, 7) is 8.34. The van der Waals surface area contributed by atoms with Gasteiger partial charge in [0.25, 0.3) is 5.69 Å². The van der Waals surface area contributed by atoms with E-state index in [0.717, 1.165) is 19.5 Å². The van der Waals surface area contributed by atoms with Crippen molar-refractivity contribution in [2.45, 2.75) is 27.2 Å². The van der Waals surface area contributed by atoms with Crippen LogP contribution >= 0.6 is 0 Å². The molecule has 6 heteroatoms. The molecule has 100 valence electrons. The van der Waals surface area contributed by atoms with Crippen LogP contribution in [0.3, 0.4) is 0 Å². The van der Waals surface area contributed by atoms with Crippen molar-refractivity contribution in [2.24, 2.45) is 0 Å². The molecule has 1 aromatic rings. The molecule has 0 aliphatic rings. The summed E-state index contributed by atoms with van der Waals surface area (Å²) in [5, 5.41) is 13.9. The third kappa shape index (κ3) is 3.58. The number of nitro groups is 1. The van der Waals surface area contributed by atoms with Crippen LogP contribution < -0.4 is 10.2 Å². The number of nitrogens with one attached hydrogen (secondary N) is 1. The smallest absolute Gasteiger partial charge is 0.276 e. The van der Waals surface area contributed by atoms with Crippen LogP contribution in [0.15, 0.2) is 12.1 Å². The van der Waals surface area contributed by atoms with Gasteiger partial charge in [-0.25, -0.2) is 4.98 Å². The van der Waals surface area contributed by atoms with Gasteiger partial charge < -0.3 is 10.2 Å². The van der Waals surface area contributed by atoms with Gasteiger partial charge in [0.2, 0.25) is 0 Å². The van der Waals surface area contributed by atoms with E-state index in [1.165, 1.54) is 12.1 Å². The van der Waals surface area contributed by atoms with E-state index in [2.05, 4.69) is 17.2 Å². The van der Waals surface area contributed by atoms with Gasteiger partial charge in [-0.05, 0) is 20.3 Å². The maximum absolute atomic E-state index is 10.9. The zero-order chi connectivity index (χ0) is 13.5. The molecule has 0 saturated carbocycles. The Bertz CT molecular complexity index is 409. The standard InChI is InChI=1S/C12H20N4O2/c1-4-7-15(6-3)12-9-10(16(17)18)8-11(14-12)13-5-2/h8-9H,4-7H2,1-3H3,(H,13,14). The highest BCUT2D eigenvalue weighted by molar-refractivity contribution is 5.55. The average Bonchev–Trinajstić information content (AvgIpc) is 2.35. The van der Waals surface area contributed by atoms with Gasteiger partial charge in [0, 0.05) is 19.6 Å². The number of pyridine rings is 1. The second-order valence-electron chi connectivity index (χ2n) is 3.94. The molecule has 0 bridgehead atoms. The van der Waals surface area contributed by atoms with E-state index in [0.29, 0.717) is 18.2 Å². The Morgan fingerprint density at radius 1 is 1.39 bits per heavy atom. The van der Waals surface area contributed by atoms with Crippen molar-refractivity contribution in [3.63, 3.8) is 0 Å². The average molecular weight is 252 g/mol. The molecule has 1 rings (SSSR count). The van der Waals surface area contributed by atoms with Crippen LogP contribution in [0.4, 0.5) is 17.3 Å². The van der Waals surface area contributed by atoms with Gasteiger partial charge in [0.1, 0.15) is 11.6 Å². The molecule has 6 nitrogen and oxygen atoms in total. The maximum Gasteiger partial charge on any atom is 0.276 e. The van der Waals surface area contributed by atoms with Gasteiger partial charge in [-0.15, -0.1) is 0 Å². The Morgan fingerprint density at radius 3 is 2.61 bits per heavy atom. The van der Waals surface area contributed by atoms with Gasteiger partial charge in [0.15, 0.2) is 0 Å². The summed E-state index contributed by atoms with van der Waals surface area (Å²) in [6.07, 6.45) is 0.981.